The molecular formula is C99H62N6. The van der Waals surface area contributed by atoms with Gasteiger partial charge < -0.3 is 18.3 Å². The quantitative estimate of drug-likeness (QED) is 0.129. The summed E-state index contributed by atoms with van der Waals surface area (Å²) in [6.07, 6.45) is 0. The van der Waals surface area contributed by atoms with Gasteiger partial charge in [-0.3, -0.25) is 0 Å². The Hall–Kier alpha value is -14.3. The van der Waals surface area contributed by atoms with Gasteiger partial charge in [0.15, 0.2) is 0 Å². The first-order valence-electron chi connectivity index (χ1n) is 35.7. The average Bonchev–Trinajstić information content (AvgIpc) is 1.62. The van der Waals surface area contributed by atoms with Crippen LogP contribution in [0.4, 0.5) is 0 Å². The van der Waals surface area contributed by atoms with E-state index >= 15 is 0 Å². The van der Waals surface area contributed by atoms with Crippen LogP contribution in [0, 0.1) is 29.6 Å². The maximum absolute atomic E-state index is 13.6. The molecule has 4 heterocycles. The van der Waals surface area contributed by atoms with E-state index in [1.807, 2.05) is 0 Å². The smallest absolute Gasteiger partial charge is 0.104 e. The lowest BCUT2D eigenvalue weighted by Gasteiger charge is -2.27. The summed E-state index contributed by atoms with van der Waals surface area (Å²) in [6.45, 7) is 2.15. The topological polar surface area (TPSA) is 67.3 Å². The van der Waals surface area contributed by atoms with Crippen molar-refractivity contribution in [2.75, 3.05) is 0 Å². The molecule has 0 aliphatic carbocycles. The highest BCUT2D eigenvalue weighted by Gasteiger charge is 2.35. The van der Waals surface area contributed by atoms with Gasteiger partial charge in [-0.25, -0.2) is 0 Å². The number of fused-ring (bicyclic) bond motifs is 12. The summed E-state index contributed by atoms with van der Waals surface area (Å²) in [4.78, 5) is 0. The minimum absolute atomic E-state index is 0.370. The molecule has 4 aromatic heterocycles. The maximum atomic E-state index is 13.6. The summed E-state index contributed by atoms with van der Waals surface area (Å²) in [7, 11) is 0. The third kappa shape index (κ3) is 9.77. The zero-order valence-electron chi connectivity index (χ0n) is 57.2. The van der Waals surface area contributed by atoms with Crippen molar-refractivity contribution in [1.82, 2.24) is 18.3 Å². The summed E-state index contributed by atoms with van der Waals surface area (Å²) in [6, 6.07) is 134. The standard InChI is InChI=1S/C99H62N6/c1-63-37-45-88-78(53-63)79-54-71(64-23-9-2-10-24-64)38-46-89(79)102(88)96-86(61-100)98(104-92-49-41-74(67-29-15-5-16-30-67)57-82(92)83-58-75(42-50-93(83)104)68-31-17-6-18-32-68)99(105-94-51-43-76(69-33-19-7-20-34-69)59-84(94)85-60-77(44-52-95(85)105)70-35-21-8-22-36-70)87(62-101)97(96)103-90-47-39-72(65-25-11-3-12-26-65)55-80(90)81-56-73(40-48-91(81)103)66-27-13-4-14-28-66/h2-60H,1H3. The molecule has 0 N–H and O–H groups in total. The highest BCUT2D eigenvalue weighted by Crippen LogP contribution is 2.51. The fourth-order valence-electron chi connectivity index (χ4n) is 16.6. The zero-order valence-corrected chi connectivity index (χ0v) is 57.2. The molecule has 0 bridgehead atoms. The lowest BCUT2D eigenvalue weighted by atomic mass is 9.98. The van der Waals surface area contributed by atoms with Gasteiger partial charge in [0.05, 0.1) is 66.9 Å². The number of hydrogen-bond donors (Lipinski definition) is 0. The first kappa shape index (κ1) is 60.6. The SMILES string of the molecule is Cc1ccc2c(c1)c1cc(-c3ccccc3)ccc1n2-c1c(C#N)c(-n2c3ccc(-c4ccccc4)cc3c3cc(-c4ccccc4)ccc32)c(-n2c3ccc(-c4ccccc4)cc3c3cc(-c4ccccc4)ccc32)c(C#N)c1-n1c2ccc(-c3ccccc3)cc2c2cc(-c3ccccc3)ccc21. The average molecular weight is 1340 g/mol. The molecule has 0 amide bonds. The minimum Gasteiger partial charge on any atom is -0.306 e. The Balaban J connectivity index is 1.03. The lowest BCUT2D eigenvalue weighted by molar-refractivity contribution is 1.02. The predicted molar refractivity (Wildman–Crippen MR) is 436 cm³/mol. The first-order chi connectivity index (χ1) is 51.9. The van der Waals surface area contributed by atoms with Crippen molar-refractivity contribution in [2.45, 2.75) is 6.92 Å². The van der Waals surface area contributed by atoms with E-state index in [2.05, 4.69) is 395 Å². The van der Waals surface area contributed by atoms with Gasteiger partial charge in [-0.2, -0.15) is 10.5 Å². The van der Waals surface area contributed by atoms with Crippen molar-refractivity contribution in [2.24, 2.45) is 0 Å². The van der Waals surface area contributed by atoms with E-state index in [9.17, 15) is 10.5 Å². The fourth-order valence-corrected chi connectivity index (χ4v) is 16.6. The molecule has 6 heteroatoms. The Morgan fingerprint density at radius 3 is 0.514 bits per heavy atom. The maximum Gasteiger partial charge on any atom is 0.104 e. The third-order valence-electron chi connectivity index (χ3n) is 21.5. The molecule has 488 valence electrons. The molecule has 0 spiro atoms. The summed E-state index contributed by atoms with van der Waals surface area (Å²) >= 11 is 0. The van der Waals surface area contributed by atoms with Crippen LogP contribution in [0.3, 0.4) is 0 Å². The van der Waals surface area contributed by atoms with Crippen LogP contribution in [0.1, 0.15) is 16.7 Å². The molecule has 0 radical (unpaired) electrons. The van der Waals surface area contributed by atoms with Crippen molar-refractivity contribution in [3.63, 3.8) is 0 Å². The van der Waals surface area contributed by atoms with Gasteiger partial charge in [-0.1, -0.05) is 266 Å². The third-order valence-corrected chi connectivity index (χ3v) is 21.5. The molecule has 20 rings (SSSR count). The molecule has 16 aromatic carbocycles. The van der Waals surface area contributed by atoms with E-state index in [0.717, 1.165) is 171 Å². The molecule has 0 unspecified atom stereocenters. The summed E-state index contributed by atoms with van der Waals surface area (Å²) in [5, 5.41) is 35.1. The number of nitriles is 2. The van der Waals surface area contributed by atoms with Gasteiger partial charge in [0.1, 0.15) is 23.3 Å². The van der Waals surface area contributed by atoms with Gasteiger partial charge >= 0.3 is 0 Å². The second kappa shape index (κ2) is 24.5. The van der Waals surface area contributed by atoms with E-state index < -0.39 is 0 Å². The minimum atomic E-state index is 0.370. The van der Waals surface area contributed by atoms with E-state index in [1.54, 1.807) is 0 Å². The largest absolute Gasteiger partial charge is 0.306 e. The molecule has 6 nitrogen and oxygen atoms in total. The van der Waals surface area contributed by atoms with E-state index in [4.69, 9.17) is 0 Å². The van der Waals surface area contributed by atoms with Crippen LogP contribution < -0.4 is 0 Å². The van der Waals surface area contributed by atoms with E-state index in [1.165, 1.54) is 0 Å². The van der Waals surface area contributed by atoms with Gasteiger partial charge in [-0.15, -0.1) is 0 Å². The number of rotatable bonds is 11. The predicted octanol–water partition coefficient (Wildman–Crippen LogP) is 25.8. The Labute approximate surface area is 606 Å². The van der Waals surface area contributed by atoms with Crippen LogP contribution in [0.25, 0.3) is 188 Å². The zero-order chi connectivity index (χ0) is 69.8. The number of aryl methyl sites for hydroxylation is 1. The molecule has 0 saturated heterocycles. The summed E-state index contributed by atoms with van der Waals surface area (Å²) < 4.78 is 9.27. The second-order valence-electron chi connectivity index (χ2n) is 27.4. The highest BCUT2D eigenvalue weighted by atomic mass is 15.1. The number of hydrogen-bond acceptors (Lipinski definition) is 2. The van der Waals surface area contributed by atoms with Gasteiger partial charge in [0.2, 0.25) is 0 Å². The van der Waals surface area contributed by atoms with Crippen molar-refractivity contribution < 1.29 is 0 Å². The molecule has 105 heavy (non-hydrogen) atoms. The number of nitrogens with zero attached hydrogens (tertiary/aromatic N) is 6. The normalized spacial score (nSPS) is 11.6. The summed E-state index contributed by atoms with van der Waals surface area (Å²) in [5.41, 5.74) is 26.1. The first-order valence-corrected chi connectivity index (χ1v) is 35.7. The van der Waals surface area contributed by atoms with Crippen molar-refractivity contribution in [3.8, 4) is 113 Å². The fraction of sp³-hybridized carbons (Fsp3) is 0.0101. The molecule has 20 aromatic rings. The molecule has 0 aliphatic heterocycles. The molecule has 0 fully saturated rings. The van der Waals surface area contributed by atoms with Gasteiger partial charge in [0, 0.05) is 43.1 Å². The molecule has 0 atom stereocenters. The molecule has 0 aliphatic rings. The van der Waals surface area contributed by atoms with Crippen LogP contribution >= 0.6 is 0 Å². The van der Waals surface area contributed by atoms with Crippen LogP contribution in [0.15, 0.2) is 358 Å². The second-order valence-corrected chi connectivity index (χ2v) is 27.4. The van der Waals surface area contributed by atoms with Crippen LogP contribution in [0.5, 0.6) is 0 Å². The van der Waals surface area contributed by atoms with Crippen molar-refractivity contribution in [1.29, 1.82) is 10.5 Å². The van der Waals surface area contributed by atoms with Gasteiger partial charge in [-0.05, 0) is 182 Å². The number of benzene rings is 16. The van der Waals surface area contributed by atoms with E-state index in [0.29, 0.717) is 33.9 Å². The van der Waals surface area contributed by atoms with E-state index in [-0.39, 0.29) is 0 Å². The molecular weight excluding hydrogens is 1270 g/mol. The van der Waals surface area contributed by atoms with Crippen LogP contribution in [0.2, 0.25) is 0 Å². The molecule has 0 saturated carbocycles. The van der Waals surface area contributed by atoms with Crippen molar-refractivity contribution in [3.05, 3.63) is 375 Å². The Bertz CT molecular complexity index is 6700. The van der Waals surface area contributed by atoms with Crippen LogP contribution in [-0.2, 0) is 0 Å². The lowest BCUT2D eigenvalue weighted by Crippen LogP contribution is -2.16. The number of aromatic nitrogens is 4. The monoisotopic (exact) mass is 1330 g/mol. The Morgan fingerprint density at radius 1 is 0.181 bits per heavy atom. The Kier molecular flexibility index (Phi) is 14.2. The highest BCUT2D eigenvalue weighted by molar-refractivity contribution is 6.18. The van der Waals surface area contributed by atoms with Gasteiger partial charge in [0.25, 0.3) is 0 Å². The Morgan fingerprint density at radius 2 is 0.343 bits per heavy atom. The van der Waals surface area contributed by atoms with Crippen LogP contribution in [-0.4, -0.2) is 18.3 Å². The summed E-state index contributed by atoms with van der Waals surface area (Å²) in [5.74, 6) is 0. The van der Waals surface area contributed by atoms with Crippen molar-refractivity contribution >= 4 is 87.2 Å².